The fourth-order valence-corrected chi connectivity index (χ4v) is 2.26. The fourth-order valence-electron chi connectivity index (χ4n) is 2.26. The highest BCUT2D eigenvalue weighted by Crippen LogP contribution is 2.33. The predicted molar refractivity (Wildman–Crippen MR) is 60.6 cm³/mol. The summed E-state index contributed by atoms with van der Waals surface area (Å²) in [5, 5.41) is 6.55. The molecule has 0 aromatic heterocycles. The van der Waals surface area contributed by atoms with Crippen molar-refractivity contribution in [1.29, 1.82) is 0 Å². The summed E-state index contributed by atoms with van der Waals surface area (Å²) in [4.78, 5) is 11.7. The topological polar surface area (TPSA) is 41.1 Å². The van der Waals surface area contributed by atoms with Crippen LogP contribution in [0.25, 0.3) is 0 Å². The zero-order chi connectivity index (χ0) is 10.7. The first-order valence-corrected chi connectivity index (χ1v) is 6.28. The average Bonchev–Trinajstić information content (AvgIpc) is 3.02. The van der Waals surface area contributed by atoms with Crippen molar-refractivity contribution in [2.24, 2.45) is 5.92 Å². The minimum absolute atomic E-state index is 0.252. The number of hydrogen-bond donors (Lipinski definition) is 2. The SMILES string of the molecule is CC1NCCCC1NC(=O)CCC1CC1. The Morgan fingerprint density at radius 2 is 2.20 bits per heavy atom. The van der Waals surface area contributed by atoms with E-state index in [0.29, 0.717) is 12.1 Å². The van der Waals surface area contributed by atoms with Crippen LogP contribution < -0.4 is 10.6 Å². The van der Waals surface area contributed by atoms with Crippen molar-refractivity contribution in [2.75, 3.05) is 6.54 Å². The highest BCUT2D eigenvalue weighted by molar-refractivity contribution is 5.76. The van der Waals surface area contributed by atoms with E-state index in [1.54, 1.807) is 0 Å². The van der Waals surface area contributed by atoms with Crippen LogP contribution >= 0.6 is 0 Å². The first-order chi connectivity index (χ1) is 7.25. The largest absolute Gasteiger partial charge is 0.352 e. The van der Waals surface area contributed by atoms with Crippen LogP contribution in [0, 0.1) is 5.92 Å². The van der Waals surface area contributed by atoms with E-state index < -0.39 is 0 Å². The Kier molecular flexibility index (Phi) is 3.62. The summed E-state index contributed by atoms with van der Waals surface area (Å²) in [6, 6.07) is 0.786. The van der Waals surface area contributed by atoms with Gasteiger partial charge in [-0.25, -0.2) is 0 Å². The Morgan fingerprint density at radius 1 is 1.40 bits per heavy atom. The van der Waals surface area contributed by atoms with Crippen molar-refractivity contribution in [2.45, 2.75) is 57.5 Å². The molecule has 1 aliphatic heterocycles. The van der Waals surface area contributed by atoms with Gasteiger partial charge >= 0.3 is 0 Å². The van der Waals surface area contributed by atoms with Crippen molar-refractivity contribution in [1.82, 2.24) is 10.6 Å². The van der Waals surface area contributed by atoms with E-state index in [9.17, 15) is 4.79 Å². The summed E-state index contributed by atoms with van der Waals surface area (Å²) in [6.45, 7) is 3.25. The Labute approximate surface area is 92.0 Å². The van der Waals surface area contributed by atoms with Gasteiger partial charge in [-0.05, 0) is 38.6 Å². The van der Waals surface area contributed by atoms with E-state index in [-0.39, 0.29) is 5.91 Å². The van der Waals surface area contributed by atoms with E-state index in [2.05, 4.69) is 17.6 Å². The van der Waals surface area contributed by atoms with Gasteiger partial charge in [-0.1, -0.05) is 12.8 Å². The van der Waals surface area contributed by atoms with Crippen molar-refractivity contribution in [3.8, 4) is 0 Å². The monoisotopic (exact) mass is 210 g/mol. The first kappa shape index (κ1) is 10.9. The van der Waals surface area contributed by atoms with Crippen molar-refractivity contribution >= 4 is 5.91 Å². The second-order valence-corrected chi connectivity index (χ2v) is 5.04. The number of nitrogens with one attached hydrogen (secondary N) is 2. The van der Waals surface area contributed by atoms with Gasteiger partial charge in [0.25, 0.3) is 0 Å². The molecule has 2 fully saturated rings. The van der Waals surface area contributed by atoms with Crippen LogP contribution in [0.4, 0.5) is 0 Å². The fraction of sp³-hybridized carbons (Fsp3) is 0.917. The molecule has 1 saturated heterocycles. The molecule has 1 heterocycles. The minimum atomic E-state index is 0.252. The second kappa shape index (κ2) is 4.97. The molecule has 0 spiro atoms. The molecule has 15 heavy (non-hydrogen) atoms. The van der Waals surface area contributed by atoms with E-state index in [0.717, 1.165) is 31.7 Å². The van der Waals surface area contributed by atoms with Gasteiger partial charge in [0.2, 0.25) is 5.91 Å². The first-order valence-electron chi connectivity index (χ1n) is 6.28. The van der Waals surface area contributed by atoms with E-state index in [4.69, 9.17) is 0 Å². The molecule has 1 saturated carbocycles. The normalized spacial score (nSPS) is 31.3. The zero-order valence-corrected chi connectivity index (χ0v) is 9.59. The molecule has 0 bridgehead atoms. The van der Waals surface area contributed by atoms with Crippen LogP contribution in [-0.4, -0.2) is 24.5 Å². The standard InChI is InChI=1S/C12H22N2O/c1-9-11(3-2-8-13-9)14-12(15)7-6-10-4-5-10/h9-11,13H,2-8H2,1H3,(H,14,15). The van der Waals surface area contributed by atoms with Crippen LogP contribution in [0.1, 0.15) is 45.4 Å². The third-order valence-electron chi connectivity index (χ3n) is 3.58. The van der Waals surface area contributed by atoms with Crippen LogP contribution in [-0.2, 0) is 4.79 Å². The van der Waals surface area contributed by atoms with Gasteiger partial charge in [-0.15, -0.1) is 0 Å². The minimum Gasteiger partial charge on any atom is -0.352 e. The summed E-state index contributed by atoms with van der Waals surface area (Å²) in [5.41, 5.74) is 0. The maximum Gasteiger partial charge on any atom is 0.220 e. The lowest BCUT2D eigenvalue weighted by molar-refractivity contribution is -0.122. The molecule has 2 rings (SSSR count). The third-order valence-corrected chi connectivity index (χ3v) is 3.58. The van der Waals surface area contributed by atoms with Crippen molar-refractivity contribution in [3.05, 3.63) is 0 Å². The molecule has 1 amide bonds. The van der Waals surface area contributed by atoms with E-state index >= 15 is 0 Å². The quantitative estimate of drug-likeness (QED) is 0.737. The van der Waals surface area contributed by atoms with Crippen LogP contribution in [0.5, 0.6) is 0 Å². The second-order valence-electron chi connectivity index (χ2n) is 5.04. The average molecular weight is 210 g/mol. The van der Waals surface area contributed by atoms with Gasteiger partial charge in [-0.2, -0.15) is 0 Å². The molecule has 0 radical (unpaired) electrons. The summed E-state index contributed by atoms with van der Waals surface area (Å²) < 4.78 is 0. The van der Waals surface area contributed by atoms with Gasteiger partial charge in [-0.3, -0.25) is 4.79 Å². The number of amides is 1. The van der Waals surface area contributed by atoms with Gasteiger partial charge in [0.1, 0.15) is 0 Å². The number of carbonyl (C=O) groups is 1. The Balaban J connectivity index is 1.66. The molecule has 0 aromatic rings. The van der Waals surface area contributed by atoms with Crippen molar-refractivity contribution in [3.63, 3.8) is 0 Å². The van der Waals surface area contributed by atoms with Crippen molar-refractivity contribution < 1.29 is 4.79 Å². The number of rotatable bonds is 4. The molecule has 2 aliphatic rings. The summed E-state index contributed by atoms with van der Waals surface area (Å²) in [7, 11) is 0. The summed E-state index contributed by atoms with van der Waals surface area (Å²) >= 11 is 0. The summed E-state index contributed by atoms with van der Waals surface area (Å²) in [5.74, 6) is 1.11. The molecule has 0 aromatic carbocycles. The highest BCUT2D eigenvalue weighted by atomic mass is 16.1. The van der Waals surface area contributed by atoms with Crippen LogP contribution in [0.2, 0.25) is 0 Å². The Bertz CT molecular complexity index is 226. The zero-order valence-electron chi connectivity index (χ0n) is 9.59. The molecule has 1 aliphatic carbocycles. The maximum absolute atomic E-state index is 11.7. The summed E-state index contributed by atoms with van der Waals surface area (Å²) in [6.07, 6.45) is 6.82. The van der Waals surface area contributed by atoms with Gasteiger partial charge in [0.15, 0.2) is 0 Å². The Morgan fingerprint density at radius 3 is 2.87 bits per heavy atom. The maximum atomic E-state index is 11.7. The molecular weight excluding hydrogens is 188 g/mol. The number of hydrogen-bond acceptors (Lipinski definition) is 2. The molecule has 3 nitrogen and oxygen atoms in total. The lowest BCUT2D eigenvalue weighted by Crippen LogP contribution is -2.51. The van der Waals surface area contributed by atoms with Crippen LogP contribution in [0.15, 0.2) is 0 Å². The Hall–Kier alpha value is -0.570. The molecule has 2 unspecified atom stereocenters. The molecule has 2 atom stereocenters. The lowest BCUT2D eigenvalue weighted by atomic mass is 9.99. The molecule has 86 valence electrons. The number of carbonyl (C=O) groups excluding carboxylic acids is 1. The molecule has 2 N–H and O–H groups in total. The third kappa shape index (κ3) is 3.49. The molecular formula is C12H22N2O. The van der Waals surface area contributed by atoms with E-state index in [1.807, 2.05) is 0 Å². The number of piperidine rings is 1. The van der Waals surface area contributed by atoms with Gasteiger partial charge in [0.05, 0.1) is 0 Å². The smallest absolute Gasteiger partial charge is 0.220 e. The highest BCUT2D eigenvalue weighted by Gasteiger charge is 2.24. The molecule has 3 heteroatoms. The van der Waals surface area contributed by atoms with Crippen LogP contribution in [0.3, 0.4) is 0 Å². The lowest BCUT2D eigenvalue weighted by Gasteiger charge is -2.30. The predicted octanol–water partition coefficient (Wildman–Crippen LogP) is 1.43. The van der Waals surface area contributed by atoms with Gasteiger partial charge < -0.3 is 10.6 Å². The van der Waals surface area contributed by atoms with E-state index in [1.165, 1.54) is 19.3 Å². The van der Waals surface area contributed by atoms with Gasteiger partial charge in [0, 0.05) is 18.5 Å².